The molecule has 2 aliphatic rings. The molecule has 3 unspecified atom stereocenters. The van der Waals surface area contributed by atoms with E-state index in [1.54, 1.807) is 24.5 Å². The Bertz CT molecular complexity index is 708. The first-order chi connectivity index (χ1) is 13.5. The van der Waals surface area contributed by atoms with Gasteiger partial charge in [-0.3, -0.25) is 14.6 Å². The molecular formula is C23H33N3O2. The molecule has 152 valence electrons. The monoisotopic (exact) mass is 383 g/mol. The summed E-state index contributed by atoms with van der Waals surface area (Å²) in [5.41, 5.74) is 1.94. The summed E-state index contributed by atoms with van der Waals surface area (Å²) in [6.45, 7) is 9.12. The molecule has 0 aromatic carbocycles. The summed E-state index contributed by atoms with van der Waals surface area (Å²) < 4.78 is 0. The molecule has 5 heteroatoms. The minimum Gasteiger partial charge on any atom is -0.351 e. The standard InChI is InChI=1S/C23H33N3O2/c1-16(2)21-13-19(14-22(27)26-10-4-5-11-26)17(3)12-20(21)15-25-23(28)18-6-8-24-9-7-18/h6-9,12,16,19-21H,4-5,10-11,13-15H2,1-3H3,(H,25,28). The van der Waals surface area contributed by atoms with Gasteiger partial charge in [0.1, 0.15) is 0 Å². The Labute approximate surface area is 168 Å². The maximum Gasteiger partial charge on any atom is 0.251 e. The molecule has 0 spiro atoms. The second kappa shape index (κ2) is 9.35. The molecule has 1 fully saturated rings. The summed E-state index contributed by atoms with van der Waals surface area (Å²) in [5, 5.41) is 3.09. The number of rotatable bonds is 6. The number of carbonyl (C=O) groups excluding carboxylic acids is 2. The molecule has 0 bridgehead atoms. The molecule has 2 heterocycles. The zero-order valence-corrected chi connectivity index (χ0v) is 17.4. The number of allylic oxidation sites excluding steroid dienone is 1. The Kier molecular flexibility index (Phi) is 6.87. The van der Waals surface area contributed by atoms with Gasteiger partial charge in [0.05, 0.1) is 0 Å². The van der Waals surface area contributed by atoms with E-state index in [9.17, 15) is 9.59 Å². The first kappa shape index (κ1) is 20.6. The Morgan fingerprint density at radius 2 is 1.89 bits per heavy atom. The number of nitrogens with zero attached hydrogens (tertiary/aromatic N) is 2. The van der Waals surface area contributed by atoms with Crippen molar-refractivity contribution in [3.63, 3.8) is 0 Å². The third-order valence-electron chi connectivity index (χ3n) is 6.40. The zero-order valence-electron chi connectivity index (χ0n) is 17.4. The molecule has 0 radical (unpaired) electrons. The van der Waals surface area contributed by atoms with Crippen LogP contribution in [-0.2, 0) is 4.79 Å². The molecule has 3 atom stereocenters. The lowest BCUT2D eigenvalue weighted by Gasteiger charge is -2.37. The van der Waals surface area contributed by atoms with Gasteiger partial charge in [-0.15, -0.1) is 0 Å². The number of carbonyl (C=O) groups is 2. The Hall–Kier alpha value is -2.17. The Morgan fingerprint density at radius 3 is 2.54 bits per heavy atom. The number of aromatic nitrogens is 1. The normalized spacial score (nSPS) is 24.9. The van der Waals surface area contributed by atoms with Gasteiger partial charge >= 0.3 is 0 Å². The molecule has 1 aromatic heterocycles. The van der Waals surface area contributed by atoms with Crippen molar-refractivity contribution >= 4 is 11.8 Å². The first-order valence-corrected chi connectivity index (χ1v) is 10.6. The van der Waals surface area contributed by atoms with Crippen molar-refractivity contribution in [3.05, 3.63) is 41.7 Å². The highest BCUT2D eigenvalue weighted by Crippen LogP contribution is 2.39. The quantitative estimate of drug-likeness (QED) is 0.762. The van der Waals surface area contributed by atoms with Crippen molar-refractivity contribution in [2.45, 2.75) is 46.5 Å². The van der Waals surface area contributed by atoms with Crippen LogP contribution in [-0.4, -0.2) is 41.3 Å². The van der Waals surface area contributed by atoms with Crippen LogP contribution >= 0.6 is 0 Å². The molecule has 5 nitrogen and oxygen atoms in total. The molecule has 1 aliphatic carbocycles. The van der Waals surface area contributed by atoms with Gasteiger partial charge in [-0.05, 0) is 62.0 Å². The van der Waals surface area contributed by atoms with Gasteiger partial charge in [-0.2, -0.15) is 0 Å². The fourth-order valence-corrected chi connectivity index (χ4v) is 4.63. The molecule has 1 saturated heterocycles. The maximum atomic E-state index is 12.6. The minimum atomic E-state index is -0.0534. The molecular weight excluding hydrogens is 350 g/mol. The Morgan fingerprint density at radius 1 is 1.21 bits per heavy atom. The van der Waals surface area contributed by atoms with E-state index < -0.39 is 0 Å². The number of hydrogen-bond donors (Lipinski definition) is 1. The second-order valence-corrected chi connectivity index (χ2v) is 8.65. The minimum absolute atomic E-state index is 0.0534. The van der Waals surface area contributed by atoms with E-state index >= 15 is 0 Å². The van der Waals surface area contributed by atoms with Gasteiger partial charge in [-0.25, -0.2) is 0 Å². The van der Waals surface area contributed by atoms with Crippen LogP contribution in [0, 0.1) is 23.7 Å². The summed E-state index contributed by atoms with van der Waals surface area (Å²) in [7, 11) is 0. The van der Waals surface area contributed by atoms with E-state index in [-0.39, 0.29) is 5.91 Å². The number of amides is 2. The van der Waals surface area contributed by atoms with Crippen LogP contribution in [0.5, 0.6) is 0 Å². The van der Waals surface area contributed by atoms with Crippen LogP contribution in [0.15, 0.2) is 36.2 Å². The summed E-state index contributed by atoms with van der Waals surface area (Å²) >= 11 is 0. The summed E-state index contributed by atoms with van der Waals surface area (Å²) in [6.07, 6.45) is 9.51. The van der Waals surface area contributed by atoms with E-state index in [0.29, 0.717) is 48.1 Å². The van der Waals surface area contributed by atoms with Gasteiger partial charge in [-0.1, -0.05) is 25.5 Å². The number of pyridine rings is 1. The second-order valence-electron chi connectivity index (χ2n) is 8.65. The Balaban J connectivity index is 1.63. The molecule has 2 amide bonds. The average molecular weight is 384 g/mol. The van der Waals surface area contributed by atoms with E-state index in [1.807, 2.05) is 4.90 Å². The summed E-state index contributed by atoms with van der Waals surface area (Å²) in [4.78, 5) is 31.0. The van der Waals surface area contributed by atoms with Crippen molar-refractivity contribution in [2.75, 3.05) is 19.6 Å². The van der Waals surface area contributed by atoms with Gasteiger partial charge in [0.25, 0.3) is 5.91 Å². The van der Waals surface area contributed by atoms with Crippen LogP contribution < -0.4 is 5.32 Å². The van der Waals surface area contributed by atoms with Crippen molar-refractivity contribution in [3.8, 4) is 0 Å². The maximum absolute atomic E-state index is 12.6. The van der Waals surface area contributed by atoms with E-state index in [1.165, 1.54) is 5.57 Å². The largest absolute Gasteiger partial charge is 0.351 e. The smallest absolute Gasteiger partial charge is 0.251 e. The van der Waals surface area contributed by atoms with Crippen LogP contribution in [0.25, 0.3) is 0 Å². The van der Waals surface area contributed by atoms with Crippen molar-refractivity contribution in [2.24, 2.45) is 23.7 Å². The fourth-order valence-electron chi connectivity index (χ4n) is 4.63. The van der Waals surface area contributed by atoms with Gasteiger partial charge in [0.2, 0.25) is 5.91 Å². The molecule has 3 rings (SSSR count). The van der Waals surface area contributed by atoms with Crippen LogP contribution in [0.3, 0.4) is 0 Å². The average Bonchev–Trinajstić information content (AvgIpc) is 3.23. The van der Waals surface area contributed by atoms with Gasteiger partial charge in [0.15, 0.2) is 0 Å². The highest BCUT2D eigenvalue weighted by atomic mass is 16.2. The lowest BCUT2D eigenvalue weighted by atomic mass is 9.69. The highest BCUT2D eigenvalue weighted by Gasteiger charge is 2.33. The highest BCUT2D eigenvalue weighted by molar-refractivity contribution is 5.93. The lowest BCUT2D eigenvalue weighted by molar-refractivity contribution is -0.131. The van der Waals surface area contributed by atoms with Gasteiger partial charge in [0, 0.05) is 44.0 Å². The first-order valence-electron chi connectivity index (χ1n) is 10.6. The van der Waals surface area contributed by atoms with E-state index in [4.69, 9.17) is 0 Å². The molecule has 1 aromatic rings. The molecule has 0 saturated carbocycles. The van der Waals surface area contributed by atoms with Crippen LogP contribution in [0.1, 0.15) is 56.8 Å². The topological polar surface area (TPSA) is 62.3 Å². The fraction of sp³-hybridized carbons (Fsp3) is 0.609. The predicted octanol–water partition coefficient (Wildman–Crippen LogP) is 3.68. The summed E-state index contributed by atoms with van der Waals surface area (Å²) in [6, 6.07) is 3.47. The predicted molar refractivity (Wildman–Crippen MR) is 111 cm³/mol. The third-order valence-corrected chi connectivity index (χ3v) is 6.40. The SMILES string of the molecule is CC1=CC(CNC(=O)c2ccncc2)C(C(C)C)CC1CC(=O)N1CCCC1. The van der Waals surface area contributed by atoms with Crippen LogP contribution in [0.2, 0.25) is 0 Å². The van der Waals surface area contributed by atoms with Gasteiger partial charge < -0.3 is 10.2 Å². The molecule has 28 heavy (non-hydrogen) atoms. The van der Waals surface area contributed by atoms with Crippen molar-refractivity contribution in [1.29, 1.82) is 0 Å². The third kappa shape index (κ3) is 5.00. The lowest BCUT2D eigenvalue weighted by Crippen LogP contribution is -2.38. The molecule has 1 N–H and O–H groups in total. The number of likely N-dealkylation sites (tertiary alicyclic amines) is 1. The van der Waals surface area contributed by atoms with Crippen molar-refractivity contribution in [1.82, 2.24) is 15.2 Å². The van der Waals surface area contributed by atoms with Crippen molar-refractivity contribution < 1.29 is 9.59 Å². The summed E-state index contributed by atoms with van der Waals surface area (Å²) in [5.74, 6) is 1.87. The zero-order chi connectivity index (χ0) is 20.1. The van der Waals surface area contributed by atoms with Crippen LogP contribution in [0.4, 0.5) is 0 Å². The van der Waals surface area contributed by atoms with E-state index in [2.05, 4.69) is 37.1 Å². The number of nitrogens with one attached hydrogen (secondary N) is 1. The molecule has 1 aliphatic heterocycles. The number of hydrogen-bond acceptors (Lipinski definition) is 3. The van der Waals surface area contributed by atoms with E-state index in [0.717, 1.165) is 32.4 Å².